The topological polar surface area (TPSA) is 46.2 Å². The Morgan fingerprint density at radius 3 is 2.57 bits per heavy atom. The van der Waals surface area contributed by atoms with E-state index in [1.54, 1.807) is 24.3 Å². The number of carbonyl (C=O) groups excluding carboxylic acids is 1. The zero-order valence-electron chi connectivity index (χ0n) is 11.6. The molecule has 1 amide bonds. The van der Waals surface area contributed by atoms with E-state index in [-0.39, 0.29) is 23.2 Å². The highest BCUT2D eigenvalue weighted by atomic mass is 32.2. The number of aryl methyl sites for hydroxylation is 1. The fraction of sp³-hybridized carbons (Fsp3) is 0.188. The monoisotopic (exact) mass is 305 g/mol. The Labute approximate surface area is 125 Å². The molecule has 2 aromatic carbocycles. The first-order valence-electron chi connectivity index (χ1n) is 6.49. The summed E-state index contributed by atoms with van der Waals surface area (Å²) in [6.07, 6.45) is 0. The zero-order chi connectivity index (χ0) is 15.2. The van der Waals surface area contributed by atoms with Crippen molar-refractivity contribution >= 4 is 22.4 Å². The molecular formula is C16H16FNO2S. The van der Waals surface area contributed by atoms with Crippen molar-refractivity contribution in [3.63, 3.8) is 0 Å². The standard InChI is InChI=1S/C16H16FNO2S/c1-12-5-7-15(8-6-12)18-16(19)11-21(20)10-13-3-2-4-14(17)9-13/h2-9H,10-11H2,1H3,(H,18,19)/t21-/m0/s1. The molecule has 0 saturated carbocycles. The Morgan fingerprint density at radius 1 is 1.19 bits per heavy atom. The van der Waals surface area contributed by atoms with Crippen LogP contribution in [0.3, 0.4) is 0 Å². The Bertz CT molecular complexity index is 656. The minimum atomic E-state index is -1.37. The summed E-state index contributed by atoms with van der Waals surface area (Å²) in [4.78, 5) is 11.8. The maximum Gasteiger partial charge on any atom is 0.237 e. The van der Waals surface area contributed by atoms with Gasteiger partial charge in [0.2, 0.25) is 5.91 Å². The Kier molecular flexibility index (Phi) is 5.22. The van der Waals surface area contributed by atoms with E-state index >= 15 is 0 Å². The molecular weight excluding hydrogens is 289 g/mol. The van der Waals surface area contributed by atoms with Gasteiger partial charge in [-0.1, -0.05) is 29.8 Å². The van der Waals surface area contributed by atoms with Crippen molar-refractivity contribution in [2.75, 3.05) is 11.1 Å². The van der Waals surface area contributed by atoms with Gasteiger partial charge in [-0.2, -0.15) is 0 Å². The van der Waals surface area contributed by atoms with Crippen molar-refractivity contribution < 1.29 is 13.4 Å². The lowest BCUT2D eigenvalue weighted by Crippen LogP contribution is -2.20. The number of rotatable bonds is 5. The van der Waals surface area contributed by atoms with Crippen molar-refractivity contribution in [1.82, 2.24) is 0 Å². The summed E-state index contributed by atoms with van der Waals surface area (Å²) >= 11 is 0. The third-order valence-electron chi connectivity index (χ3n) is 2.84. The molecule has 1 N–H and O–H groups in total. The summed E-state index contributed by atoms with van der Waals surface area (Å²) < 4.78 is 24.9. The van der Waals surface area contributed by atoms with Gasteiger partial charge in [0.1, 0.15) is 11.6 Å². The molecule has 0 aliphatic heterocycles. The van der Waals surface area contributed by atoms with Crippen LogP contribution in [0.5, 0.6) is 0 Å². The van der Waals surface area contributed by atoms with Gasteiger partial charge in [0, 0.05) is 22.2 Å². The number of carbonyl (C=O) groups is 1. The summed E-state index contributed by atoms with van der Waals surface area (Å²) in [5.41, 5.74) is 2.40. The highest BCUT2D eigenvalue weighted by molar-refractivity contribution is 7.84. The maximum atomic E-state index is 13.0. The van der Waals surface area contributed by atoms with Crippen LogP contribution in [0.25, 0.3) is 0 Å². The molecule has 110 valence electrons. The van der Waals surface area contributed by atoms with Crippen molar-refractivity contribution in [2.45, 2.75) is 12.7 Å². The highest BCUT2D eigenvalue weighted by Crippen LogP contribution is 2.10. The molecule has 0 saturated heterocycles. The molecule has 0 radical (unpaired) electrons. The zero-order valence-corrected chi connectivity index (χ0v) is 12.5. The third kappa shape index (κ3) is 5.11. The summed E-state index contributed by atoms with van der Waals surface area (Å²) in [5.74, 6) is -0.620. The van der Waals surface area contributed by atoms with Gasteiger partial charge in [-0.3, -0.25) is 9.00 Å². The van der Waals surface area contributed by atoms with Crippen molar-refractivity contribution in [3.05, 3.63) is 65.5 Å². The maximum absolute atomic E-state index is 13.0. The molecule has 21 heavy (non-hydrogen) atoms. The number of hydrogen-bond acceptors (Lipinski definition) is 2. The second-order valence-corrected chi connectivity index (χ2v) is 6.23. The predicted octanol–water partition coefficient (Wildman–Crippen LogP) is 3.02. The van der Waals surface area contributed by atoms with E-state index in [9.17, 15) is 13.4 Å². The molecule has 0 bridgehead atoms. The van der Waals surface area contributed by atoms with Crippen LogP contribution in [-0.2, 0) is 21.3 Å². The summed E-state index contributed by atoms with van der Waals surface area (Å²) in [6.45, 7) is 1.96. The lowest BCUT2D eigenvalue weighted by atomic mass is 10.2. The molecule has 0 unspecified atom stereocenters. The fourth-order valence-electron chi connectivity index (χ4n) is 1.84. The van der Waals surface area contributed by atoms with Gasteiger partial charge in [-0.15, -0.1) is 0 Å². The molecule has 0 aliphatic rings. The van der Waals surface area contributed by atoms with Crippen LogP contribution >= 0.6 is 0 Å². The Hall–Kier alpha value is -2.01. The fourth-order valence-corrected chi connectivity index (χ4v) is 2.86. The van der Waals surface area contributed by atoms with Crippen LogP contribution in [-0.4, -0.2) is 15.9 Å². The third-order valence-corrected chi connectivity index (χ3v) is 4.08. The molecule has 0 aromatic heterocycles. The van der Waals surface area contributed by atoms with Crippen molar-refractivity contribution in [1.29, 1.82) is 0 Å². The summed E-state index contributed by atoms with van der Waals surface area (Å²) in [7, 11) is -1.37. The summed E-state index contributed by atoms with van der Waals surface area (Å²) in [5, 5.41) is 2.69. The first-order chi connectivity index (χ1) is 10.0. The van der Waals surface area contributed by atoms with Gasteiger partial charge >= 0.3 is 0 Å². The van der Waals surface area contributed by atoms with E-state index in [0.717, 1.165) is 5.56 Å². The lowest BCUT2D eigenvalue weighted by molar-refractivity contribution is -0.113. The molecule has 0 spiro atoms. The second-order valence-electron chi connectivity index (χ2n) is 4.77. The minimum absolute atomic E-state index is 0.107. The molecule has 5 heteroatoms. The molecule has 0 fully saturated rings. The summed E-state index contributed by atoms with van der Waals surface area (Å²) in [6, 6.07) is 13.3. The lowest BCUT2D eigenvalue weighted by Gasteiger charge is -2.06. The first kappa shape index (κ1) is 15.4. The molecule has 3 nitrogen and oxygen atoms in total. The van der Waals surface area contributed by atoms with E-state index in [1.165, 1.54) is 12.1 Å². The van der Waals surface area contributed by atoms with Gasteiger partial charge in [-0.05, 0) is 36.8 Å². The number of anilines is 1. The number of hydrogen-bond donors (Lipinski definition) is 1. The van der Waals surface area contributed by atoms with E-state index in [4.69, 9.17) is 0 Å². The van der Waals surface area contributed by atoms with Gasteiger partial charge in [-0.25, -0.2) is 4.39 Å². The normalized spacial score (nSPS) is 11.9. The predicted molar refractivity (Wildman–Crippen MR) is 82.9 cm³/mol. The molecule has 2 rings (SSSR count). The van der Waals surface area contributed by atoms with Crippen LogP contribution in [0.15, 0.2) is 48.5 Å². The Balaban J connectivity index is 1.87. The molecule has 0 heterocycles. The van der Waals surface area contributed by atoms with Gasteiger partial charge < -0.3 is 5.32 Å². The van der Waals surface area contributed by atoms with E-state index in [1.807, 2.05) is 19.1 Å². The van der Waals surface area contributed by atoms with Gasteiger partial charge in [0.15, 0.2) is 0 Å². The van der Waals surface area contributed by atoms with Crippen LogP contribution in [0, 0.1) is 12.7 Å². The molecule has 1 atom stereocenters. The quantitative estimate of drug-likeness (QED) is 0.923. The molecule has 0 aliphatic carbocycles. The van der Waals surface area contributed by atoms with Crippen molar-refractivity contribution in [2.24, 2.45) is 0 Å². The number of halogens is 1. The molecule has 2 aromatic rings. The van der Waals surface area contributed by atoms with E-state index in [2.05, 4.69) is 5.32 Å². The number of nitrogens with one attached hydrogen (secondary N) is 1. The van der Waals surface area contributed by atoms with Crippen LogP contribution < -0.4 is 5.32 Å². The second kappa shape index (κ2) is 7.13. The highest BCUT2D eigenvalue weighted by Gasteiger charge is 2.09. The van der Waals surface area contributed by atoms with Crippen LogP contribution in [0.4, 0.5) is 10.1 Å². The van der Waals surface area contributed by atoms with Crippen molar-refractivity contribution in [3.8, 4) is 0 Å². The largest absolute Gasteiger partial charge is 0.325 e. The average Bonchev–Trinajstić information content (AvgIpc) is 2.41. The Morgan fingerprint density at radius 2 is 1.90 bits per heavy atom. The average molecular weight is 305 g/mol. The smallest absolute Gasteiger partial charge is 0.237 e. The SMILES string of the molecule is Cc1ccc(NC(=O)C[S@@](=O)Cc2cccc(F)c2)cc1. The van der Waals surface area contributed by atoms with Gasteiger partial charge in [0.25, 0.3) is 0 Å². The number of benzene rings is 2. The first-order valence-corrected chi connectivity index (χ1v) is 7.97. The minimum Gasteiger partial charge on any atom is -0.325 e. The number of amides is 1. The van der Waals surface area contributed by atoms with E-state index in [0.29, 0.717) is 11.3 Å². The van der Waals surface area contributed by atoms with Crippen LogP contribution in [0.1, 0.15) is 11.1 Å². The van der Waals surface area contributed by atoms with Crippen LogP contribution in [0.2, 0.25) is 0 Å². The van der Waals surface area contributed by atoms with E-state index < -0.39 is 10.8 Å². The van der Waals surface area contributed by atoms with Gasteiger partial charge in [0.05, 0.1) is 0 Å².